The Morgan fingerprint density at radius 1 is 1.20 bits per heavy atom. The SMILES string of the molecule is [B]c1[nH]nc2ccc3c(c12)C[C@@H](C)N(CC(F)(F)F)C3c1ccc(NC2CN(CCCF)C2)cn1. The van der Waals surface area contributed by atoms with Gasteiger partial charge in [-0.2, -0.15) is 18.3 Å². The molecule has 5 rings (SSSR count). The molecule has 2 aromatic heterocycles. The fraction of sp³-hybridized carbons (Fsp3) is 0.500. The summed E-state index contributed by atoms with van der Waals surface area (Å²) in [6, 6.07) is 6.49. The highest BCUT2D eigenvalue weighted by Gasteiger charge is 2.41. The molecule has 1 saturated heterocycles. The predicted molar refractivity (Wildman–Crippen MR) is 128 cm³/mol. The van der Waals surface area contributed by atoms with Crippen molar-refractivity contribution in [1.29, 1.82) is 0 Å². The maximum Gasteiger partial charge on any atom is 0.401 e. The van der Waals surface area contributed by atoms with Crippen LogP contribution in [0.25, 0.3) is 10.9 Å². The Balaban J connectivity index is 1.43. The highest BCUT2D eigenvalue weighted by Crippen LogP contribution is 2.41. The summed E-state index contributed by atoms with van der Waals surface area (Å²) < 4.78 is 53.1. The Morgan fingerprint density at radius 2 is 2.00 bits per heavy atom. The van der Waals surface area contributed by atoms with Crippen molar-refractivity contribution in [2.24, 2.45) is 0 Å². The van der Waals surface area contributed by atoms with Crippen molar-refractivity contribution >= 4 is 30.0 Å². The zero-order chi connectivity index (χ0) is 24.7. The first-order chi connectivity index (χ1) is 16.7. The van der Waals surface area contributed by atoms with Gasteiger partial charge < -0.3 is 5.32 Å². The molecule has 2 aliphatic heterocycles. The summed E-state index contributed by atoms with van der Waals surface area (Å²) in [6.45, 7) is 2.86. The van der Waals surface area contributed by atoms with Gasteiger partial charge in [-0.15, -0.1) is 0 Å². The second-order valence-electron chi connectivity index (χ2n) is 9.52. The lowest BCUT2D eigenvalue weighted by Gasteiger charge is -2.42. The highest BCUT2D eigenvalue weighted by molar-refractivity contribution is 6.37. The molecule has 11 heteroatoms. The summed E-state index contributed by atoms with van der Waals surface area (Å²) >= 11 is 0. The van der Waals surface area contributed by atoms with Gasteiger partial charge in [0.2, 0.25) is 0 Å². The minimum atomic E-state index is -4.34. The summed E-state index contributed by atoms with van der Waals surface area (Å²) in [5.74, 6) is 0. The van der Waals surface area contributed by atoms with Gasteiger partial charge in [0, 0.05) is 31.1 Å². The number of rotatable bonds is 7. The second-order valence-corrected chi connectivity index (χ2v) is 9.52. The van der Waals surface area contributed by atoms with E-state index in [1.165, 1.54) is 4.90 Å². The van der Waals surface area contributed by atoms with E-state index in [0.29, 0.717) is 29.6 Å². The third-order valence-corrected chi connectivity index (χ3v) is 6.95. The summed E-state index contributed by atoms with van der Waals surface area (Å²) in [5.41, 5.74) is 4.16. The zero-order valence-electron chi connectivity index (χ0n) is 19.4. The van der Waals surface area contributed by atoms with Crippen molar-refractivity contribution in [3.05, 3.63) is 47.3 Å². The van der Waals surface area contributed by atoms with E-state index in [-0.39, 0.29) is 18.8 Å². The third-order valence-electron chi connectivity index (χ3n) is 6.95. The van der Waals surface area contributed by atoms with Gasteiger partial charge in [0.25, 0.3) is 0 Å². The van der Waals surface area contributed by atoms with E-state index in [2.05, 4.69) is 25.4 Å². The monoisotopic (exact) mass is 486 g/mol. The normalized spacial score (nSPS) is 21.7. The Labute approximate surface area is 202 Å². The molecule has 0 amide bonds. The number of H-pyrrole nitrogens is 1. The van der Waals surface area contributed by atoms with Gasteiger partial charge in [0.05, 0.1) is 48.4 Å². The van der Waals surface area contributed by atoms with Crippen molar-refractivity contribution in [2.75, 3.05) is 38.2 Å². The molecule has 0 saturated carbocycles. The number of halogens is 4. The molecule has 1 fully saturated rings. The molecule has 184 valence electrons. The zero-order valence-corrected chi connectivity index (χ0v) is 19.4. The van der Waals surface area contributed by atoms with Crippen molar-refractivity contribution < 1.29 is 17.6 Å². The van der Waals surface area contributed by atoms with Gasteiger partial charge in [-0.05, 0) is 54.7 Å². The largest absolute Gasteiger partial charge is 0.401 e. The lowest BCUT2D eigenvalue weighted by Crippen LogP contribution is -2.54. The lowest BCUT2D eigenvalue weighted by atomic mass is 9.82. The van der Waals surface area contributed by atoms with E-state index in [1.807, 2.05) is 12.1 Å². The van der Waals surface area contributed by atoms with Gasteiger partial charge in [-0.1, -0.05) is 6.07 Å². The molecule has 0 bridgehead atoms. The van der Waals surface area contributed by atoms with E-state index in [0.717, 1.165) is 41.8 Å². The average molecular weight is 486 g/mol. The molecule has 3 aromatic rings. The number of likely N-dealkylation sites (tertiary alicyclic amines) is 1. The first-order valence-electron chi connectivity index (χ1n) is 11.8. The van der Waals surface area contributed by atoms with E-state index < -0.39 is 18.8 Å². The molecular weight excluding hydrogens is 459 g/mol. The maximum atomic E-state index is 13.6. The smallest absolute Gasteiger partial charge is 0.378 e. The number of aromatic amines is 1. The summed E-state index contributed by atoms with van der Waals surface area (Å²) in [6.07, 6.45) is -1.70. The quantitative estimate of drug-likeness (QED) is 0.397. The molecule has 2 radical (unpaired) electrons. The molecule has 2 N–H and O–H groups in total. The van der Waals surface area contributed by atoms with E-state index in [1.54, 1.807) is 25.3 Å². The summed E-state index contributed by atoms with van der Waals surface area (Å²) in [5, 5.41) is 11.2. The van der Waals surface area contributed by atoms with Crippen molar-refractivity contribution in [2.45, 2.75) is 44.1 Å². The third kappa shape index (κ3) is 4.88. The molecule has 2 aliphatic rings. The second kappa shape index (κ2) is 9.42. The standard InChI is InChI=1S/C24H27BF4N6/c1-14-9-18-17(4-6-19-21(18)23(25)33-32-19)22(35(14)13-24(27,28)29)20-5-3-15(10-30-20)31-16-11-34(12-16)8-2-7-26/h3-6,10,14,16,22,31H,2,7-9,11-13H2,1H3,(H,32,33)/t14-,22?/m1/s1. The van der Waals surface area contributed by atoms with E-state index in [4.69, 9.17) is 7.85 Å². The van der Waals surface area contributed by atoms with Crippen LogP contribution in [0, 0.1) is 0 Å². The summed E-state index contributed by atoms with van der Waals surface area (Å²) in [7, 11) is 6.13. The van der Waals surface area contributed by atoms with Gasteiger partial charge in [-0.3, -0.25) is 24.3 Å². The van der Waals surface area contributed by atoms with Crippen LogP contribution in [0.4, 0.5) is 23.2 Å². The first kappa shape index (κ1) is 24.1. The molecule has 35 heavy (non-hydrogen) atoms. The van der Waals surface area contributed by atoms with E-state index in [9.17, 15) is 17.6 Å². The van der Waals surface area contributed by atoms with Crippen LogP contribution in [0.5, 0.6) is 0 Å². The van der Waals surface area contributed by atoms with Crippen LogP contribution in [0.2, 0.25) is 0 Å². The van der Waals surface area contributed by atoms with Gasteiger partial charge >= 0.3 is 6.18 Å². The van der Waals surface area contributed by atoms with Crippen molar-refractivity contribution in [3.63, 3.8) is 0 Å². The highest BCUT2D eigenvalue weighted by atomic mass is 19.4. The van der Waals surface area contributed by atoms with Crippen LogP contribution >= 0.6 is 0 Å². The number of nitrogens with one attached hydrogen (secondary N) is 2. The molecule has 2 atom stereocenters. The Morgan fingerprint density at radius 3 is 2.69 bits per heavy atom. The molecule has 1 aromatic carbocycles. The number of nitrogens with zero attached hydrogens (tertiary/aromatic N) is 4. The van der Waals surface area contributed by atoms with Crippen LogP contribution in [0.1, 0.15) is 36.2 Å². The van der Waals surface area contributed by atoms with Crippen LogP contribution in [-0.2, 0) is 6.42 Å². The van der Waals surface area contributed by atoms with Crippen molar-refractivity contribution in [3.8, 4) is 0 Å². The fourth-order valence-electron chi connectivity index (χ4n) is 5.34. The molecule has 4 heterocycles. The topological polar surface area (TPSA) is 60.1 Å². The van der Waals surface area contributed by atoms with E-state index >= 15 is 0 Å². The van der Waals surface area contributed by atoms with Gasteiger partial charge in [0.15, 0.2) is 0 Å². The predicted octanol–water partition coefficient (Wildman–Crippen LogP) is 3.11. The van der Waals surface area contributed by atoms with Gasteiger partial charge in [-0.25, -0.2) is 0 Å². The number of hydrogen-bond donors (Lipinski definition) is 2. The lowest BCUT2D eigenvalue weighted by molar-refractivity contribution is -0.155. The fourth-order valence-corrected chi connectivity index (χ4v) is 5.34. The van der Waals surface area contributed by atoms with Crippen LogP contribution < -0.4 is 10.9 Å². The molecule has 6 nitrogen and oxygen atoms in total. The number of alkyl halides is 4. The first-order valence-corrected chi connectivity index (χ1v) is 11.8. The minimum Gasteiger partial charge on any atom is -0.378 e. The molecule has 1 unspecified atom stereocenters. The number of aromatic nitrogens is 3. The number of anilines is 1. The number of benzene rings is 1. The maximum absolute atomic E-state index is 13.6. The number of pyridine rings is 1. The molecule has 0 aliphatic carbocycles. The number of hydrogen-bond acceptors (Lipinski definition) is 5. The molecular formula is C24H27BF4N6. The number of fused-ring (bicyclic) bond motifs is 3. The van der Waals surface area contributed by atoms with Crippen LogP contribution in [-0.4, -0.2) is 83.9 Å². The van der Waals surface area contributed by atoms with Crippen LogP contribution in [0.3, 0.4) is 0 Å². The Hall–Kier alpha value is -2.66. The summed E-state index contributed by atoms with van der Waals surface area (Å²) in [4.78, 5) is 8.24. The Kier molecular flexibility index (Phi) is 6.48. The van der Waals surface area contributed by atoms with Crippen LogP contribution in [0.15, 0.2) is 30.5 Å². The Bertz CT molecular complexity index is 1180. The van der Waals surface area contributed by atoms with Crippen molar-refractivity contribution in [1.82, 2.24) is 25.0 Å². The minimum absolute atomic E-state index is 0.247. The average Bonchev–Trinajstić information content (AvgIpc) is 3.17. The van der Waals surface area contributed by atoms with Gasteiger partial charge in [0.1, 0.15) is 7.85 Å². The molecule has 0 spiro atoms.